The number of para-hydroxylation sites is 1. The molecule has 11 heteroatoms. The van der Waals surface area contributed by atoms with Gasteiger partial charge in [-0.25, -0.2) is 13.6 Å². The molecule has 1 amide bonds. The van der Waals surface area contributed by atoms with Crippen molar-refractivity contribution in [2.24, 2.45) is 5.14 Å². The molecule has 3 N–H and O–H groups in total. The second kappa shape index (κ2) is 6.47. The van der Waals surface area contributed by atoms with Crippen LogP contribution < -0.4 is 10.5 Å². The fourth-order valence-electron chi connectivity index (χ4n) is 2.01. The Kier molecular flexibility index (Phi) is 4.38. The Morgan fingerprint density at radius 3 is 2.71 bits per heavy atom. The van der Waals surface area contributed by atoms with Gasteiger partial charge in [0.1, 0.15) is 9.77 Å². The molecule has 2 aromatic heterocycles. The number of thiophene rings is 1. The van der Waals surface area contributed by atoms with E-state index in [4.69, 9.17) is 5.14 Å². The fraction of sp³-hybridized carbons (Fsp3) is 0.0769. The molecule has 0 aliphatic rings. The molecule has 0 atom stereocenters. The molecule has 1 aromatic carbocycles. The van der Waals surface area contributed by atoms with E-state index in [-0.39, 0.29) is 16.3 Å². The number of amides is 1. The molecule has 0 saturated heterocycles. The molecule has 0 spiro atoms. The zero-order valence-electron chi connectivity index (χ0n) is 12.2. The second-order valence-corrected chi connectivity index (χ2v) is 7.13. The highest BCUT2D eigenvalue weighted by Gasteiger charge is 2.21. The van der Waals surface area contributed by atoms with Crippen LogP contribution in [-0.4, -0.2) is 34.5 Å². The number of sulfonamides is 1. The van der Waals surface area contributed by atoms with E-state index in [0.29, 0.717) is 5.82 Å². The Balaban J connectivity index is 1.77. The van der Waals surface area contributed by atoms with Crippen molar-refractivity contribution < 1.29 is 13.2 Å². The van der Waals surface area contributed by atoms with Crippen molar-refractivity contribution in [3.63, 3.8) is 0 Å². The van der Waals surface area contributed by atoms with Gasteiger partial charge in [-0.1, -0.05) is 18.2 Å². The molecule has 0 radical (unpaired) electrons. The first-order valence-electron chi connectivity index (χ1n) is 6.68. The monoisotopic (exact) mass is 364 g/mol. The van der Waals surface area contributed by atoms with Crippen LogP contribution in [0.3, 0.4) is 0 Å². The van der Waals surface area contributed by atoms with Gasteiger partial charge in [-0.2, -0.15) is 4.68 Å². The Morgan fingerprint density at radius 1 is 1.25 bits per heavy atom. The molecule has 0 unspecified atom stereocenters. The Hall–Kier alpha value is -2.63. The standard InChI is InChI=1S/C13H12N6O3S2/c14-24(21,22)10-6-7-23-12(10)13(20)15-8-11-16-17-18-19(11)9-4-2-1-3-5-9/h1-7H,8H2,(H,15,20)(H2,14,21,22). The first-order valence-corrected chi connectivity index (χ1v) is 9.10. The summed E-state index contributed by atoms with van der Waals surface area (Å²) in [6.45, 7) is 0.0304. The van der Waals surface area contributed by atoms with E-state index in [2.05, 4.69) is 20.8 Å². The van der Waals surface area contributed by atoms with Crippen molar-refractivity contribution in [2.75, 3.05) is 0 Å². The summed E-state index contributed by atoms with van der Waals surface area (Å²) in [7, 11) is -3.95. The van der Waals surface area contributed by atoms with Crippen LogP contribution >= 0.6 is 11.3 Å². The molecule has 2 heterocycles. The number of carbonyl (C=O) groups excluding carboxylic acids is 1. The molecule has 3 aromatic rings. The van der Waals surface area contributed by atoms with Crippen molar-refractivity contribution in [1.82, 2.24) is 25.5 Å². The Morgan fingerprint density at radius 2 is 2.00 bits per heavy atom. The maximum absolute atomic E-state index is 12.2. The molecular weight excluding hydrogens is 352 g/mol. The molecule has 3 rings (SSSR count). The number of tetrazole rings is 1. The average molecular weight is 364 g/mol. The first kappa shape index (κ1) is 16.2. The number of benzene rings is 1. The van der Waals surface area contributed by atoms with Gasteiger partial charge >= 0.3 is 0 Å². The summed E-state index contributed by atoms with van der Waals surface area (Å²) >= 11 is 0.993. The van der Waals surface area contributed by atoms with E-state index in [1.54, 1.807) is 0 Å². The van der Waals surface area contributed by atoms with Crippen molar-refractivity contribution in [1.29, 1.82) is 0 Å². The van der Waals surface area contributed by atoms with E-state index in [9.17, 15) is 13.2 Å². The zero-order chi connectivity index (χ0) is 17.2. The van der Waals surface area contributed by atoms with Crippen LogP contribution in [0.15, 0.2) is 46.7 Å². The normalized spacial score (nSPS) is 11.4. The number of hydrogen-bond donors (Lipinski definition) is 2. The minimum Gasteiger partial charge on any atom is -0.344 e. The maximum Gasteiger partial charge on any atom is 0.263 e. The molecule has 0 bridgehead atoms. The summed E-state index contributed by atoms with van der Waals surface area (Å²) in [6, 6.07) is 10.5. The van der Waals surface area contributed by atoms with Gasteiger partial charge in [-0.05, 0) is 34.0 Å². The van der Waals surface area contributed by atoms with E-state index in [0.717, 1.165) is 17.0 Å². The van der Waals surface area contributed by atoms with Gasteiger partial charge in [0, 0.05) is 0 Å². The highest BCUT2D eigenvalue weighted by atomic mass is 32.2. The van der Waals surface area contributed by atoms with Crippen molar-refractivity contribution >= 4 is 27.3 Å². The third-order valence-electron chi connectivity index (χ3n) is 3.08. The summed E-state index contributed by atoms with van der Waals surface area (Å²) in [5.74, 6) is -0.153. The van der Waals surface area contributed by atoms with Gasteiger partial charge in [0.15, 0.2) is 5.82 Å². The fourth-order valence-corrected chi connectivity index (χ4v) is 3.90. The van der Waals surface area contributed by atoms with E-state index in [1.165, 1.54) is 16.1 Å². The smallest absolute Gasteiger partial charge is 0.263 e. The molecule has 0 aliphatic heterocycles. The van der Waals surface area contributed by atoms with Crippen LogP contribution in [0.25, 0.3) is 5.69 Å². The van der Waals surface area contributed by atoms with Crippen LogP contribution in [0, 0.1) is 0 Å². The van der Waals surface area contributed by atoms with E-state index in [1.807, 2.05) is 30.3 Å². The summed E-state index contributed by atoms with van der Waals surface area (Å²) in [6.07, 6.45) is 0. The van der Waals surface area contributed by atoms with Crippen LogP contribution in [0.5, 0.6) is 0 Å². The highest BCUT2D eigenvalue weighted by Crippen LogP contribution is 2.20. The molecule has 0 aliphatic carbocycles. The van der Waals surface area contributed by atoms with Crippen LogP contribution in [0.2, 0.25) is 0 Å². The molecule has 0 fully saturated rings. The van der Waals surface area contributed by atoms with E-state index < -0.39 is 15.9 Å². The topological polar surface area (TPSA) is 133 Å². The minimum atomic E-state index is -3.95. The van der Waals surface area contributed by atoms with Crippen molar-refractivity contribution in [3.8, 4) is 5.69 Å². The molecular formula is C13H12N6O3S2. The van der Waals surface area contributed by atoms with Gasteiger partial charge in [0.2, 0.25) is 10.0 Å². The lowest BCUT2D eigenvalue weighted by Gasteiger charge is -2.06. The van der Waals surface area contributed by atoms with E-state index >= 15 is 0 Å². The number of rotatable bonds is 5. The molecule has 9 nitrogen and oxygen atoms in total. The second-order valence-electron chi connectivity index (χ2n) is 4.68. The average Bonchev–Trinajstić information content (AvgIpc) is 3.22. The third-order valence-corrected chi connectivity index (χ3v) is 5.08. The summed E-state index contributed by atoms with van der Waals surface area (Å²) in [5, 5.41) is 20.5. The first-order chi connectivity index (χ1) is 11.5. The molecule has 24 heavy (non-hydrogen) atoms. The lowest BCUT2D eigenvalue weighted by atomic mass is 10.3. The number of nitrogens with two attached hydrogens (primary N) is 1. The highest BCUT2D eigenvalue weighted by molar-refractivity contribution is 7.89. The van der Waals surface area contributed by atoms with Gasteiger partial charge < -0.3 is 5.32 Å². The third kappa shape index (κ3) is 3.32. The Labute approximate surface area is 141 Å². The molecule has 0 saturated carbocycles. The van der Waals surface area contributed by atoms with Gasteiger partial charge in [-0.15, -0.1) is 16.4 Å². The predicted octanol–water partition coefficient (Wildman–Crippen LogP) is 0.301. The Bertz CT molecular complexity index is 965. The van der Waals surface area contributed by atoms with Gasteiger partial charge in [0.05, 0.1) is 12.2 Å². The number of nitrogens with one attached hydrogen (secondary N) is 1. The number of primary sulfonamides is 1. The van der Waals surface area contributed by atoms with Crippen LogP contribution in [0.4, 0.5) is 0 Å². The quantitative estimate of drug-likeness (QED) is 0.669. The van der Waals surface area contributed by atoms with Crippen molar-refractivity contribution in [2.45, 2.75) is 11.4 Å². The van der Waals surface area contributed by atoms with Crippen LogP contribution in [-0.2, 0) is 16.6 Å². The lowest BCUT2D eigenvalue weighted by Crippen LogP contribution is -2.26. The summed E-state index contributed by atoms with van der Waals surface area (Å²) in [4.78, 5) is 12.0. The van der Waals surface area contributed by atoms with Gasteiger partial charge in [-0.3, -0.25) is 4.79 Å². The molecule has 124 valence electrons. The summed E-state index contributed by atoms with van der Waals surface area (Å²) in [5.41, 5.74) is 0.744. The van der Waals surface area contributed by atoms with Crippen LogP contribution in [0.1, 0.15) is 15.5 Å². The zero-order valence-corrected chi connectivity index (χ0v) is 13.8. The summed E-state index contributed by atoms with van der Waals surface area (Å²) < 4.78 is 24.4. The minimum absolute atomic E-state index is 0.0243. The number of aromatic nitrogens is 4. The number of hydrogen-bond acceptors (Lipinski definition) is 7. The SMILES string of the molecule is NS(=O)(=O)c1ccsc1C(=O)NCc1nnnn1-c1ccccc1. The maximum atomic E-state index is 12.2. The predicted molar refractivity (Wildman–Crippen MR) is 86.0 cm³/mol. The van der Waals surface area contributed by atoms with Crippen molar-refractivity contribution in [3.05, 3.63) is 52.5 Å². The number of carbonyl (C=O) groups is 1. The number of nitrogens with zero attached hydrogens (tertiary/aromatic N) is 4. The largest absolute Gasteiger partial charge is 0.344 e. The van der Waals surface area contributed by atoms with Gasteiger partial charge in [0.25, 0.3) is 5.91 Å². The lowest BCUT2D eigenvalue weighted by molar-refractivity contribution is 0.0950.